The number of fused-ring (bicyclic) bond motifs is 2. The molecule has 2 N–H and O–H groups in total. The van der Waals surface area contributed by atoms with Gasteiger partial charge in [-0.15, -0.1) is 0 Å². The SMILES string of the molecule is COC(=O)C1=C(O)[C@@H](C(=O)OC)[C@]2(O)[C@H](C(=O)OC)[C@H](c3ccccc3)C[C@@H]1[C@@H]2C(=O)OC. The Kier molecular flexibility index (Phi) is 6.78. The fourth-order valence-electron chi connectivity index (χ4n) is 5.36. The Bertz CT molecular complexity index is 984. The van der Waals surface area contributed by atoms with Gasteiger partial charge in [-0.05, 0) is 12.0 Å². The number of hydrogen-bond donors (Lipinski definition) is 2. The molecule has 2 bridgehead atoms. The summed E-state index contributed by atoms with van der Waals surface area (Å²) in [5, 5.41) is 23.1. The predicted molar refractivity (Wildman–Crippen MR) is 110 cm³/mol. The van der Waals surface area contributed by atoms with E-state index < -0.39 is 64.8 Å². The van der Waals surface area contributed by atoms with E-state index in [1.165, 1.54) is 0 Å². The van der Waals surface area contributed by atoms with Crippen LogP contribution in [0.4, 0.5) is 0 Å². The zero-order valence-electron chi connectivity index (χ0n) is 18.6. The average molecular weight is 462 g/mol. The molecule has 0 unspecified atom stereocenters. The first kappa shape index (κ1) is 24.2. The third-order valence-corrected chi connectivity index (χ3v) is 6.67. The highest BCUT2D eigenvalue weighted by molar-refractivity contribution is 5.96. The quantitative estimate of drug-likeness (QED) is 0.478. The second-order valence-electron chi connectivity index (χ2n) is 8.00. The highest BCUT2D eigenvalue weighted by Crippen LogP contribution is 2.59. The third kappa shape index (κ3) is 3.64. The summed E-state index contributed by atoms with van der Waals surface area (Å²) in [6, 6.07) is 8.64. The van der Waals surface area contributed by atoms with Crippen molar-refractivity contribution in [3.63, 3.8) is 0 Å². The van der Waals surface area contributed by atoms with Gasteiger partial charge in [-0.1, -0.05) is 30.3 Å². The van der Waals surface area contributed by atoms with Gasteiger partial charge >= 0.3 is 23.9 Å². The molecule has 0 spiro atoms. The van der Waals surface area contributed by atoms with E-state index in [-0.39, 0.29) is 12.0 Å². The largest absolute Gasteiger partial charge is 0.511 e. The first-order chi connectivity index (χ1) is 15.7. The minimum absolute atomic E-state index is 0.0196. The summed E-state index contributed by atoms with van der Waals surface area (Å²) >= 11 is 0. The summed E-state index contributed by atoms with van der Waals surface area (Å²) in [4.78, 5) is 51.6. The molecule has 1 saturated carbocycles. The van der Waals surface area contributed by atoms with Crippen LogP contribution in [0.5, 0.6) is 0 Å². The van der Waals surface area contributed by atoms with E-state index in [0.29, 0.717) is 5.56 Å². The van der Waals surface area contributed by atoms with E-state index >= 15 is 0 Å². The number of esters is 4. The number of methoxy groups -OCH3 is 4. The summed E-state index contributed by atoms with van der Waals surface area (Å²) in [5.74, 6) is -11.7. The number of aliphatic hydroxyl groups excluding tert-OH is 1. The smallest absolute Gasteiger partial charge is 0.337 e. The lowest BCUT2D eigenvalue weighted by molar-refractivity contribution is -0.208. The molecule has 10 nitrogen and oxygen atoms in total. The molecule has 0 aliphatic heterocycles. The van der Waals surface area contributed by atoms with Gasteiger partial charge in [0, 0.05) is 11.8 Å². The Hall–Kier alpha value is -3.40. The van der Waals surface area contributed by atoms with Crippen molar-refractivity contribution in [3.05, 3.63) is 47.2 Å². The fraction of sp³-hybridized carbons (Fsp3) is 0.478. The summed E-state index contributed by atoms with van der Waals surface area (Å²) in [6.45, 7) is 0. The number of aliphatic hydroxyl groups is 2. The molecule has 6 atom stereocenters. The summed E-state index contributed by atoms with van der Waals surface area (Å²) in [7, 11) is 4.28. The molecule has 1 aromatic carbocycles. The fourth-order valence-corrected chi connectivity index (χ4v) is 5.36. The van der Waals surface area contributed by atoms with Crippen LogP contribution < -0.4 is 0 Å². The van der Waals surface area contributed by atoms with Crippen LogP contribution in [0.2, 0.25) is 0 Å². The van der Waals surface area contributed by atoms with Gasteiger partial charge in [0.2, 0.25) is 0 Å². The van der Waals surface area contributed by atoms with Crippen molar-refractivity contribution < 1.29 is 48.3 Å². The van der Waals surface area contributed by atoms with E-state index in [1.807, 2.05) is 0 Å². The summed E-state index contributed by atoms with van der Waals surface area (Å²) in [6.07, 6.45) is -0.0196. The molecule has 0 saturated heterocycles. The van der Waals surface area contributed by atoms with E-state index in [2.05, 4.69) is 0 Å². The van der Waals surface area contributed by atoms with Gasteiger partial charge in [0.05, 0.1) is 45.8 Å². The molecule has 3 rings (SSSR count). The zero-order valence-corrected chi connectivity index (χ0v) is 18.6. The highest BCUT2D eigenvalue weighted by Gasteiger charge is 2.71. The van der Waals surface area contributed by atoms with Crippen LogP contribution in [0.15, 0.2) is 41.7 Å². The molecule has 1 fully saturated rings. The number of hydrogen-bond acceptors (Lipinski definition) is 10. The van der Waals surface area contributed by atoms with Gasteiger partial charge in [0.25, 0.3) is 0 Å². The van der Waals surface area contributed by atoms with Gasteiger partial charge in [0.1, 0.15) is 17.3 Å². The molecular weight excluding hydrogens is 436 g/mol. The van der Waals surface area contributed by atoms with Crippen LogP contribution in [0.25, 0.3) is 0 Å². The Morgan fingerprint density at radius 1 is 0.818 bits per heavy atom. The van der Waals surface area contributed by atoms with Crippen molar-refractivity contribution >= 4 is 23.9 Å². The van der Waals surface area contributed by atoms with Gasteiger partial charge in [0.15, 0.2) is 0 Å². The summed E-state index contributed by atoms with van der Waals surface area (Å²) in [5.41, 5.74) is -2.27. The molecule has 2 aliphatic carbocycles. The molecule has 0 heterocycles. The third-order valence-electron chi connectivity index (χ3n) is 6.67. The van der Waals surface area contributed by atoms with Crippen molar-refractivity contribution in [1.82, 2.24) is 0 Å². The van der Waals surface area contributed by atoms with E-state index in [0.717, 1.165) is 28.4 Å². The van der Waals surface area contributed by atoms with Crippen molar-refractivity contribution in [2.75, 3.05) is 28.4 Å². The van der Waals surface area contributed by atoms with Crippen LogP contribution in [0.1, 0.15) is 17.9 Å². The number of rotatable bonds is 5. The molecule has 2 aliphatic rings. The lowest BCUT2D eigenvalue weighted by Gasteiger charge is -2.55. The van der Waals surface area contributed by atoms with Crippen molar-refractivity contribution in [1.29, 1.82) is 0 Å². The van der Waals surface area contributed by atoms with Crippen molar-refractivity contribution in [2.45, 2.75) is 17.9 Å². The van der Waals surface area contributed by atoms with Crippen LogP contribution in [0, 0.1) is 23.7 Å². The normalized spacial score (nSPS) is 30.8. The molecule has 0 amide bonds. The van der Waals surface area contributed by atoms with Gasteiger partial charge < -0.3 is 29.2 Å². The summed E-state index contributed by atoms with van der Waals surface area (Å²) < 4.78 is 19.5. The monoisotopic (exact) mass is 462 g/mol. The number of ether oxygens (including phenoxy) is 4. The molecule has 33 heavy (non-hydrogen) atoms. The molecule has 0 radical (unpaired) electrons. The minimum atomic E-state index is -2.53. The van der Waals surface area contributed by atoms with Gasteiger partial charge in [-0.25, -0.2) is 4.79 Å². The van der Waals surface area contributed by atoms with Crippen LogP contribution in [-0.2, 0) is 38.1 Å². The van der Waals surface area contributed by atoms with Crippen molar-refractivity contribution in [3.8, 4) is 0 Å². The number of carbonyl (C=O) groups is 4. The van der Waals surface area contributed by atoms with E-state index in [4.69, 9.17) is 18.9 Å². The Labute approximate surface area is 190 Å². The van der Waals surface area contributed by atoms with Gasteiger partial charge in [-0.2, -0.15) is 0 Å². The maximum atomic E-state index is 13.1. The maximum absolute atomic E-state index is 13.1. The number of carbonyl (C=O) groups excluding carboxylic acids is 4. The van der Waals surface area contributed by atoms with Crippen molar-refractivity contribution in [2.24, 2.45) is 23.7 Å². The molecule has 1 aromatic rings. The minimum Gasteiger partial charge on any atom is -0.511 e. The number of benzene rings is 1. The maximum Gasteiger partial charge on any atom is 0.337 e. The molecule has 10 heteroatoms. The Morgan fingerprint density at radius 2 is 1.33 bits per heavy atom. The van der Waals surface area contributed by atoms with Crippen LogP contribution >= 0.6 is 0 Å². The molecule has 178 valence electrons. The Morgan fingerprint density at radius 3 is 1.82 bits per heavy atom. The topological polar surface area (TPSA) is 146 Å². The highest BCUT2D eigenvalue weighted by atomic mass is 16.5. The second-order valence-corrected chi connectivity index (χ2v) is 8.00. The molecular formula is C23H26O10. The van der Waals surface area contributed by atoms with E-state index in [1.54, 1.807) is 30.3 Å². The standard InChI is InChI=1S/C23H26O10/c1-30-19(25)14-13-10-12(11-8-6-5-7-9-11)15(20(26)31-2)23(29,16(13)21(27)32-3)17(18(14)24)22(28)33-4/h5-9,12-13,15-17,24,29H,10H2,1-4H3/t12-,13-,15-,16+,17-,23-/m0/s1. The van der Waals surface area contributed by atoms with Crippen LogP contribution in [-0.4, -0.2) is 68.1 Å². The van der Waals surface area contributed by atoms with Gasteiger partial charge in [-0.3, -0.25) is 14.4 Å². The van der Waals surface area contributed by atoms with Crippen LogP contribution in [0.3, 0.4) is 0 Å². The first-order valence-corrected chi connectivity index (χ1v) is 10.2. The zero-order chi connectivity index (χ0) is 24.5. The average Bonchev–Trinajstić information content (AvgIpc) is 2.82. The lowest BCUT2D eigenvalue weighted by atomic mass is 9.49. The first-order valence-electron chi connectivity index (χ1n) is 10.2. The van der Waals surface area contributed by atoms with E-state index in [9.17, 15) is 29.4 Å². The second kappa shape index (κ2) is 9.22. The predicted octanol–water partition coefficient (Wildman–Crippen LogP) is 0.888. The molecule has 0 aromatic heterocycles. The lowest BCUT2D eigenvalue weighted by Crippen LogP contribution is -2.68. The Balaban J connectivity index is 2.41.